The molecule has 0 fully saturated rings. The Morgan fingerprint density at radius 1 is 0.345 bits per heavy atom. The zero-order valence-electron chi connectivity index (χ0n) is 31.5. The Kier molecular flexibility index (Phi) is 7.14. The number of hydrogen-bond acceptors (Lipinski definition) is 3. The van der Waals surface area contributed by atoms with Crippen LogP contribution in [0.25, 0.3) is 66.1 Å². The van der Waals surface area contributed by atoms with E-state index in [0.29, 0.717) is 0 Å². The summed E-state index contributed by atoms with van der Waals surface area (Å²) in [6.07, 6.45) is 0. The fourth-order valence-electron chi connectivity index (χ4n) is 9.68. The molecule has 0 N–H and O–H groups in total. The number of anilines is 3. The van der Waals surface area contributed by atoms with Crippen LogP contribution in [0.15, 0.2) is 221 Å². The van der Waals surface area contributed by atoms with Crippen LogP contribution in [0.5, 0.6) is 0 Å². The molecule has 272 valence electrons. The summed E-state index contributed by atoms with van der Waals surface area (Å²) in [4.78, 5) is 2.35. The van der Waals surface area contributed by atoms with Crippen molar-refractivity contribution in [2.24, 2.45) is 0 Å². The van der Waals surface area contributed by atoms with Crippen LogP contribution in [0.3, 0.4) is 0 Å². The number of fused-ring (bicyclic) bond motifs is 9. The maximum atomic E-state index is 6.72. The minimum atomic E-state index is -0.476. The lowest BCUT2D eigenvalue weighted by molar-refractivity contribution is 0.669. The molecule has 2 heterocycles. The van der Waals surface area contributed by atoms with E-state index in [4.69, 9.17) is 8.83 Å². The van der Waals surface area contributed by atoms with Crippen LogP contribution in [-0.4, -0.2) is 0 Å². The molecule has 0 radical (unpaired) electrons. The molecule has 0 saturated carbocycles. The number of furan rings is 2. The van der Waals surface area contributed by atoms with Crippen molar-refractivity contribution >= 4 is 60.9 Å². The summed E-state index contributed by atoms with van der Waals surface area (Å²) in [5.41, 5.74) is 15.8. The lowest BCUT2D eigenvalue weighted by atomic mass is 9.68. The third kappa shape index (κ3) is 4.68. The maximum absolute atomic E-state index is 6.72. The molecule has 0 bridgehead atoms. The van der Waals surface area contributed by atoms with Crippen LogP contribution >= 0.6 is 0 Å². The number of hydrogen-bond donors (Lipinski definition) is 0. The van der Waals surface area contributed by atoms with Gasteiger partial charge in [0.05, 0.1) is 11.1 Å². The van der Waals surface area contributed by atoms with Gasteiger partial charge >= 0.3 is 0 Å². The molecule has 0 atom stereocenters. The largest absolute Gasteiger partial charge is 0.455 e. The van der Waals surface area contributed by atoms with E-state index in [2.05, 4.69) is 199 Å². The predicted molar refractivity (Wildman–Crippen MR) is 238 cm³/mol. The molecule has 2 aromatic heterocycles. The van der Waals surface area contributed by atoms with Crippen molar-refractivity contribution in [2.45, 2.75) is 5.41 Å². The second-order valence-corrected chi connectivity index (χ2v) is 15.2. The van der Waals surface area contributed by atoms with Gasteiger partial charge in [-0.2, -0.15) is 0 Å². The molecule has 3 nitrogen and oxygen atoms in total. The van der Waals surface area contributed by atoms with E-state index in [0.717, 1.165) is 72.1 Å². The highest BCUT2D eigenvalue weighted by Gasteiger charge is 2.46. The Balaban J connectivity index is 1.08. The number of nitrogens with zero attached hydrogens (tertiary/aromatic N) is 1. The van der Waals surface area contributed by atoms with Crippen LogP contribution in [0, 0.1) is 0 Å². The van der Waals surface area contributed by atoms with Crippen molar-refractivity contribution in [3.05, 3.63) is 235 Å². The Labute approximate surface area is 335 Å². The van der Waals surface area contributed by atoms with Crippen LogP contribution < -0.4 is 4.90 Å². The second kappa shape index (κ2) is 12.7. The van der Waals surface area contributed by atoms with Gasteiger partial charge in [0, 0.05) is 38.5 Å². The minimum absolute atomic E-state index is 0.476. The average Bonchev–Trinajstić information content (AvgIpc) is 3.96. The molecule has 0 aliphatic heterocycles. The zero-order chi connectivity index (χ0) is 38.2. The van der Waals surface area contributed by atoms with E-state index in [-0.39, 0.29) is 0 Å². The highest BCUT2D eigenvalue weighted by atomic mass is 16.3. The first-order valence-electron chi connectivity index (χ1n) is 19.8. The highest BCUT2D eigenvalue weighted by Crippen LogP contribution is 2.57. The van der Waals surface area contributed by atoms with Gasteiger partial charge in [0.1, 0.15) is 16.7 Å². The molecule has 1 aliphatic rings. The van der Waals surface area contributed by atoms with Crippen LogP contribution in [0.4, 0.5) is 17.1 Å². The number of rotatable bonds is 6. The van der Waals surface area contributed by atoms with Crippen LogP contribution in [-0.2, 0) is 5.41 Å². The monoisotopic (exact) mass is 741 g/mol. The number of benzene rings is 9. The summed E-state index contributed by atoms with van der Waals surface area (Å²) in [6, 6.07) is 76.2. The molecule has 0 unspecified atom stereocenters. The van der Waals surface area contributed by atoms with Crippen molar-refractivity contribution < 1.29 is 8.83 Å². The molecule has 11 aromatic rings. The Morgan fingerprint density at radius 2 is 0.862 bits per heavy atom. The fourth-order valence-corrected chi connectivity index (χ4v) is 9.68. The van der Waals surface area contributed by atoms with E-state index < -0.39 is 5.41 Å². The molecule has 3 heteroatoms. The fraction of sp³-hybridized carbons (Fsp3) is 0.0182. The van der Waals surface area contributed by atoms with Gasteiger partial charge in [-0.15, -0.1) is 0 Å². The molecular formula is C55H35NO2. The average molecular weight is 742 g/mol. The third-order valence-electron chi connectivity index (χ3n) is 12.2. The highest BCUT2D eigenvalue weighted by molar-refractivity contribution is 6.11. The summed E-state index contributed by atoms with van der Waals surface area (Å²) >= 11 is 0. The van der Waals surface area contributed by atoms with E-state index in [1.807, 2.05) is 18.2 Å². The van der Waals surface area contributed by atoms with Gasteiger partial charge in [0.25, 0.3) is 0 Å². The number of para-hydroxylation sites is 4. The lowest BCUT2D eigenvalue weighted by Crippen LogP contribution is -2.28. The molecule has 0 amide bonds. The van der Waals surface area contributed by atoms with Gasteiger partial charge < -0.3 is 13.7 Å². The SMILES string of the molecule is c1ccc(C2(c3ccccc3)c3ccccc3-c3cc(N(c4ccc(-c5cccc6c5oc5ccccc56)cc4)c4cccc5c4oc4ccccc45)ccc32)cc1. The first-order valence-corrected chi connectivity index (χ1v) is 19.8. The van der Waals surface area contributed by atoms with E-state index in [9.17, 15) is 0 Å². The van der Waals surface area contributed by atoms with Crippen LogP contribution in [0.2, 0.25) is 0 Å². The summed E-state index contributed by atoms with van der Waals surface area (Å²) < 4.78 is 13.2. The normalized spacial score (nSPS) is 13.0. The maximum Gasteiger partial charge on any atom is 0.159 e. The van der Waals surface area contributed by atoms with E-state index in [1.165, 1.54) is 33.4 Å². The zero-order valence-corrected chi connectivity index (χ0v) is 31.5. The summed E-state index contributed by atoms with van der Waals surface area (Å²) in [6.45, 7) is 0. The van der Waals surface area contributed by atoms with Gasteiger partial charge in [-0.3, -0.25) is 0 Å². The summed E-state index contributed by atoms with van der Waals surface area (Å²) in [5, 5.41) is 4.44. The van der Waals surface area contributed by atoms with Crippen molar-refractivity contribution in [3.63, 3.8) is 0 Å². The molecule has 58 heavy (non-hydrogen) atoms. The van der Waals surface area contributed by atoms with Gasteiger partial charge in [0.15, 0.2) is 5.58 Å². The topological polar surface area (TPSA) is 29.5 Å². The van der Waals surface area contributed by atoms with Gasteiger partial charge in [-0.05, 0) is 81.4 Å². The van der Waals surface area contributed by atoms with Crippen molar-refractivity contribution in [1.29, 1.82) is 0 Å². The smallest absolute Gasteiger partial charge is 0.159 e. The standard InChI is InChI=1S/C55H35NO2/c1-3-15-37(16-4-1)55(38-17-5-2-6-18-38)48-25-10-7-19-42(48)47-35-40(33-34-49(47)55)56(50-26-14-24-46-44-21-9-12-28-52(44)58-54(46)50)39-31-29-36(30-32-39)41-22-13-23-45-43-20-8-11-27-51(43)57-53(41)45/h1-35H. The van der Waals surface area contributed by atoms with Gasteiger partial charge in [-0.25, -0.2) is 0 Å². The quantitative estimate of drug-likeness (QED) is 0.170. The predicted octanol–water partition coefficient (Wildman–Crippen LogP) is 15.0. The molecule has 9 aromatic carbocycles. The Bertz CT molecular complexity index is 3300. The third-order valence-corrected chi connectivity index (χ3v) is 12.2. The lowest BCUT2D eigenvalue weighted by Gasteiger charge is -2.34. The van der Waals surface area contributed by atoms with Gasteiger partial charge in [-0.1, -0.05) is 170 Å². The first kappa shape index (κ1) is 32.6. The van der Waals surface area contributed by atoms with Crippen molar-refractivity contribution in [1.82, 2.24) is 0 Å². The first-order chi connectivity index (χ1) is 28.8. The summed E-state index contributed by atoms with van der Waals surface area (Å²) in [7, 11) is 0. The molecule has 0 spiro atoms. The molecule has 0 saturated heterocycles. The summed E-state index contributed by atoms with van der Waals surface area (Å²) in [5.74, 6) is 0. The second-order valence-electron chi connectivity index (χ2n) is 15.2. The van der Waals surface area contributed by atoms with Crippen molar-refractivity contribution in [3.8, 4) is 22.3 Å². The van der Waals surface area contributed by atoms with Crippen LogP contribution in [0.1, 0.15) is 22.3 Å². The molecule has 1 aliphatic carbocycles. The Morgan fingerprint density at radius 3 is 1.57 bits per heavy atom. The van der Waals surface area contributed by atoms with E-state index in [1.54, 1.807) is 0 Å². The molecule has 12 rings (SSSR count). The van der Waals surface area contributed by atoms with E-state index >= 15 is 0 Å². The Hall–Kier alpha value is -7.62. The van der Waals surface area contributed by atoms with Crippen molar-refractivity contribution in [2.75, 3.05) is 4.90 Å². The molecular weight excluding hydrogens is 707 g/mol. The van der Waals surface area contributed by atoms with Gasteiger partial charge in [0.2, 0.25) is 0 Å². The minimum Gasteiger partial charge on any atom is -0.455 e.